The molecule has 1 aliphatic heterocycles. The van der Waals surface area contributed by atoms with Crippen molar-refractivity contribution < 1.29 is 18.8 Å². The normalized spacial score (nSPS) is 19.9. The molecular formula is C18H22BFO3. The fraction of sp³-hybridized carbons (Fsp3) is 0.444. The summed E-state index contributed by atoms with van der Waals surface area (Å²) in [7, 11) is -1.03. The molecular weight excluding hydrogens is 294 g/mol. The first-order chi connectivity index (χ1) is 10.7. The number of hydrogen-bond donors (Lipinski definition) is 1. The van der Waals surface area contributed by atoms with Crippen LogP contribution in [-0.2, 0) is 9.31 Å². The van der Waals surface area contributed by atoms with E-state index in [0.29, 0.717) is 16.7 Å². The fourth-order valence-corrected chi connectivity index (χ4v) is 2.31. The lowest BCUT2D eigenvalue weighted by Gasteiger charge is -2.32. The predicted octanol–water partition coefficient (Wildman–Crippen LogP) is 3.36. The number of rotatable bonds is 2. The fourth-order valence-electron chi connectivity index (χ4n) is 2.31. The highest BCUT2D eigenvalue weighted by Gasteiger charge is 2.53. The van der Waals surface area contributed by atoms with Crippen LogP contribution in [-0.4, -0.2) is 30.0 Å². The number of aliphatic hydroxyl groups excluding tert-OH is 1. The zero-order valence-corrected chi connectivity index (χ0v) is 14.2. The zero-order valence-electron chi connectivity index (χ0n) is 14.2. The molecule has 2 rings (SSSR count). The first-order valence-corrected chi connectivity index (χ1v) is 7.60. The second kappa shape index (κ2) is 6.49. The molecule has 0 saturated carbocycles. The third-order valence-corrected chi connectivity index (χ3v) is 4.45. The van der Waals surface area contributed by atoms with Crippen molar-refractivity contribution in [2.24, 2.45) is 0 Å². The molecule has 1 N–H and O–H groups in total. The van der Waals surface area contributed by atoms with Gasteiger partial charge in [-0.05, 0) is 51.8 Å². The van der Waals surface area contributed by atoms with Gasteiger partial charge in [0.05, 0.1) is 11.2 Å². The Bertz CT molecular complexity index is 667. The molecule has 1 heterocycles. The van der Waals surface area contributed by atoms with Gasteiger partial charge in [0.1, 0.15) is 12.3 Å². The standard InChI is InChI=1S/C18H22BFO3/c1-13(15-11-7-6-9-14(15)10-8-12-21)16(20)19-22-17(2,3)18(4,5)23-19/h6-7,9,11,21H,12H2,1-5H3. The van der Waals surface area contributed by atoms with Crippen LogP contribution in [0.1, 0.15) is 45.7 Å². The van der Waals surface area contributed by atoms with Crippen LogP contribution in [0.3, 0.4) is 0 Å². The number of hydrogen-bond acceptors (Lipinski definition) is 3. The van der Waals surface area contributed by atoms with E-state index >= 15 is 0 Å². The van der Waals surface area contributed by atoms with Gasteiger partial charge in [0.2, 0.25) is 0 Å². The lowest BCUT2D eigenvalue weighted by atomic mass is 9.82. The first-order valence-electron chi connectivity index (χ1n) is 7.60. The lowest BCUT2D eigenvalue weighted by molar-refractivity contribution is 0.00578. The Morgan fingerprint density at radius 2 is 1.74 bits per heavy atom. The van der Waals surface area contributed by atoms with Crippen molar-refractivity contribution in [2.45, 2.75) is 45.8 Å². The molecule has 0 spiro atoms. The van der Waals surface area contributed by atoms with Crippen LogP contribution in [0.25, 0.3) is 5.57 Å². The topological polar surface area (TPSA) is 38.7 Å². The SMILES string of the molecule is CC(=C(F)B1OC(C)(C)C(C)(C)O1)c1ccccc1C#CCO. The lowest BCUT2D eigenvalue weighted by Crippen LogP contribution is -2.41. The van der Waals surface area contributed by atoms with Gasteiger partial charge in [0, 0.05) is 5.56 Å². The minimum atomic E-state index is -1.03. The third-order valence-electron chi connectivity index (χ3n) is 4.45. The Kier molecular flexibility index (Phi) is 5.00. The van der Waals surface area contributed by atoms with Crippen molar-refractivity contribution in [3.63, 3.8) is 0 Å². The highest BCUT2D eigenvalue weighted by molar-refractivity contribution is 6.55. The predicted molar refractivity (Wildman–Crippen MR) is 90.2 cm³/mol. The van der Waals surface area contributed by atoms with Crippen molar-refractivity contribution in [3.8, 4) is 11.8 Å². The van der Waals surface area contributed by atoms with Crippen LogP contribution < -0.4 is 0 Å². The minimum absolute atomic E-state index is 0.239. The largest absolute Gasteiger partial charge is 0.525 e. The van der Waals surface area contributed by atoms with Gasteiger partial charge in [0.25, 0.3) is 0 Å². The van der Waals surface area contributed by atoms with E-state index in [0.717, 1.165) is 0 Å². The summed E-state index contributed by atoms with van der Waals surface area (Å²) >= 11 is 0. The molecule has 0 atom stereocenters. The number of benzene rings is 1. The zero-order chi connectivity index (χ0) is 17.3. The van der Waals surface area contributed by atoms with Crippen LogP contribution in [0, 0.1) is 11.8 Å². The molecule has 1 fully saturated rings. The summed E-state index contributed by atoms with van der Waals surface area (Å²) in [6.45, 7) is 8.98. The smallest absolute Gasteiger partial charge is 0.398 e. The molecule has 0 radical (unpaired) electrons. The molecule has 23 heavy (non-hydrogen) atoms. The Balaban J connectivity index is 2.40. The summed E-state index contributed by atoms with van der Waals surface area (Å²) in [5, 5.41) is 8.85. The van der Waals surface area contributed by atoms with Gasteiger partial charge in [0.15, 0.2) is 0 Å². The third kappa shape index (κ3) is 3.50. The van der Waals surface area contributed by atoms with Gasteiger partial charge < -0.3 is 14.4 Å². The van der Waals surface area contributed by atoms with E-state index in [-0.39, 0.29) is 6.61 Å². The summed E-state index contributed by atoms with van der Waals surface area (Å²) in [6.07, 6.45) is 0. The molecule has 1 saturated heterocycles. The Morgan fingerprint density at radius 1 is 1.17 bits per heavy atom. The average Bonchev–Trinajstić information content (AvgIpc) is 2.72. The Hall–Kier alpha value is -1.61. The van der Waals surface area contributed by atoms with Crippen molar-refractivity contribution in [1.29, 1.82) is 0 Å². The average molecular weight is 316 g/mol. The van der Waals surface area contributed by atoms with Crippen molar-refractivity contribution in [3.05, 3.63) is 41.1 Å². The van der Waals surface area contributed by atoms with E-state index in [1.54, 1.807) is 19.1 Å². The Labute approximate surface area is 137 Å². The van der Waals surface area contributed by atoms with Crippen LogP contribution in [0.4, 0.5) is 4.39 Å². The van der Waals surface area contributed by atoms with Gasteiger partial charge >= 0.3 is 7.12 Å². The highest BCUT2D eigenvalue weighted by Crippen LogP contribution is 2.40. The minimum Gasteiger partial charge on any atom is -0.398 e. The molecule has 0 unspecified atom stereocenters. The molecule has 3 nitrogen and oxygen atoms in total. The van der Waals surface area contributed by atoms with Gasteiger partial charge in [-0.15, -0.1) is 0 Å². The summed E-state index contributed by atoms with van der Waals surface area (Å²) in [4.78, 5) is 0. The second-order valence-corrected chi connectivity index (χ2v) is 6.57. The molecule has 5 heteroatoms. The van der Waals surface area contributed by atoms with Crippen LogP contribution >= 0.6 is 0 Å². The molecule has 0 aliphatic carbocycles. The molecule has 1 aliphatic rings. The first kappa shape index (κ1) is 17.7. The van der Waals surface area contributed by atoms with Crippen molar-refractivity contribution in [1.82, 2.24) is 0 Å². The molecule has 1 aromatic rings. The second-order valence-electron chi connectivity index (χ2n) is 6.57. The van der Waals surface area contributed by atoms with Gasteiger partial charge in [-0.1, -0.05) is 30.0 Å². The van der Waals surface area contributed by atoms with Crippen molar-refractivity contribution in [2.75, 3.05) is 6.61 Å². The summed E-state index contributed by atoms with van der Waals surface area (Å²) in [5.74, 6) is 5.43. The summed E-state index contributed by atoms with van der Waals surface area (Å²) in [5.41, 5.74) is 0.108. The highest BCUT2D eigenvalue weighted by atomic mass is 19.1. The van der Waals surface area contributed by atoms with E-state index in [1.165, 1.54) is 0 Å². The van der Waals surface area contributed by atoms with E-state index < -0.39 is 24.0 Å². The maximum absolute atomic E-state index is 14.9. The quantitative estimate of drug-likeness (QED) is 0.672. The summed E-state index contributed by atoms with van der Waals surface area (Å²) in [6, 6.07) is 7.23. The van der Waals surface area contributed by atoms with Gasteiger partial charge in [-0.25, -0.2) is 4.39 Å². The van der Waals surface area contributed by atoms with Crippen LogP contribution in [0.15, 0.2) is 30.0 Å². The van der Waals surface area contributed by atoms with E-state index in [4.69, 9.17) is 14.4 Å². The molecule has 0 aromatic heterocycles. The van der Waals surface area contributed by atoms with Crippen LogP contribution in [0.2, 0.25) is 0 Å². The van der Waals surface area contributed by atoms with E-state index in [9.17, 15) is 4.39 Å². The number of halogens is 1. The van der Waals surface area contributed by atoms with Gasteiger partial charge in [-0.2, -0.15) is 0 Å². The number of aliphatic hydroxyl groups is 1. The molecule has 1 aromatic carbocycles. The van der Waals surface area contributed by atoms with Crippen molar-refractivity contribution >= 4 is 12.7 Å². The monoisotopic (exact) mass is 316 g/mol. The Morgan fingerprint density at radius 3 is 2.30 bits per heavy atom. The summed E-state index contributed by atoms with van der Waals surface area (Å²) < 4.78 is 26.4. The molecule has 0 amide bonds. The maximum Gasteiger partial charge on any atom is 0.525 e. The van der Waals surface area contributed by atoms with E-state index in [2.05, 4.69) is 11.8 Å². The maximum atomic E-state index is 14.9. The van der Waals surface area contributed by atoms with Crippen LogP contribution in [0.5, 0.6) is 0 Å². The molecule has 122 valence electrons. The van der Waals surface area contributed by atoms with Gasteiger partial charge in [-0.3, -0.25) is 0 Å². The van der Waals surface area contributed by atoms with E-state index in [1.807, 2.05) is 39.8 Å². The molecule has 0 bridgehead atoms. The number of allylic oxidation sites excluding steroid dienone is 1.